The van der Waals surface area contributed by atoms with Crippen LogP contribution in [0.1, 0.15) is 20.8 Å². The first-order valence-corrected chi connectivity index (χ1v) is 5.92. The molecule has 0 bridgehead atoms. The summed E-state index contributed by atoms with van der Waals surface area (Å²) in [5.41, 5.74) is 1.69. The SMILES string of the molecule is CC1=CCP(=O)(C(C)C)C1. The summed E-state index contributed by atoms with van der Waals surface area (Å²) < 4.78 is 11.9. The Balaban J connectivity index is 2.71. The molecular formula is C8H15OP. The fraction of sp³-hybridized carbons (Fsp3) is 0.750. The molecule has 0 saturated heterocycles. The molecule has 0 aromatic rings. The van der Waals surface area contributed by atoms with Gasteiger partial charge in [-0.2, -0.15) is 0 Å². The van der Waals surface area contributed by atoms with E-state index < -0.39 is 7.14 Å². The van der Waals surface area contributed by atoms with Crippen LogP contribution in [0.4, 0.5) is 0 Å². The quantitative estimate of drug-likeness (QED) is 0.423. The monoisotopic (exact) mass is 158 g/mol. The highest BCUT2D eigenvalue weighted by molar-refractivity contribution is 7.65. The van der Waals surface area contributed by atoms with Crippen LogP contribution in [0, 0.1) is 0 Å². The van der Waals surface area contributed by atoms with Gasteiger partial charge in [0.25, 0.3) is 0 Å². The zero-order valence-electron chi connectivity index (χ0n) is 6.92. The summed E-state index contributed by atoms with van der Waals surface area (Å²) in [5.74, 6) is 0. The third-order valence-electron chi connectivity index (χ3n) is 2.21. The van der Waals surface area contributed by atoms with Gasteiger partial charge in [0.1, 0.15) is 0 Å². The van der Waals surface area contributed by atoms with E-state index in [0.29, 0.717) is 5.66 Å². The zero-order chi connectivity index (χ0) is 7.78. The molecule has 10 heavy (non-hydrogen) atoms. The minimum absolute atomic E-state index is 0.376. The molecule has 58 valence electrons. The van der Waals surface area contributed by atoms with Crippen LogP contribution in [0.25, 0.3) is 0 Å². The van der Waals surface area contributed by atoms with E-state index in [-0.39, 0.29) is 0 Å². The smallest absolute Gasteiger partial charge is 0.0975 e. The van der Waals surface area contributed by atoms with Gasteiger partial charge in [0.15, 0.2) is 0 Å². The minimum Gasteiger partial charge on any atom is -0.323 e. The molecule has 0 aromatic heterocycles. The Hall–Kier alpha value is -0.0300. The zero-order valence-corrected chi connectivity index (χ0v) is 7.82. The first-order valence-electron chi connectivity index (χ1n) is 3.78. The van der Waals surface area contributed by atoms with Crippen molar-refractivity contribution in [2.75, 3.05) is 12.3 Å². The van der Waals surface area contributed by atoms with Crippen molar-refractivity contribution in [2.24, 2.45) is 0 Å². The van der Waals surface area contributed by atoms with E-state index in [1.165, 1.54) is 5.57 Å². The summed E-state index contributed by atoms with van der Waals surface area (Å²) in [5, 5.41) is 0. The molecule has 1 heterocycles. The van der Waals surface area contributed by atoms with Gasteiger partial charge in [-0.3, -0.25) is 0 Å². The molecule has 0 N–H and O–H groups in total. The van der Waals surface area contributed by atoms with E-state index in [4.69, 9.17) is 0 Å². The second-order valence-corrected chi connectivity index (χ2v) is 7.06. The van der Waals surface area contributed by atoms with Crippen molar-refractivity contribution in [3.63, 3.8) is 0 Å². The van der Waals surface area contributed by atoms with Gasteiger partial charge >= 0.3 is 0 Å². The summed E-state index contributed by atoms with van der Waals surface area (Å²) in [4.78, 5) is 0. The van der Waals surface area contributed by atoms with Gasteiger partial charge < -0.3 is 4.57 Å². The summed E-state index contributed by atoms with van der Waals surface area (Å²) in [6, 6.07) is 0. The normalized spacial score (nSPS) is 33.0. The minimum atomic E-state index is -1.79. The van der Waals surface area contributed by atoms with Crippen LogP contribution in [0.5, 0.6) is 0 Å². The second kappa shape index (κ2) is 2.54. The van der Waals surface area contributed by atoms with Crippen molar-refractivity contribution in [1.82, 2.24) is 0 Å². The molecule has 0 aliphatic carbocycles. The molecule has 1 aliphatic heterocycles. The summed E-state index contributed by atoms with van der Waals surface area (Å²) in [6.07, 6.45) is 3.84. The van der Waals surface area contributed by atoms with Crippen molar-refractivity contribution in [3.05, 3.63) is 11.6 Å². The van der Waals surface area contributed by atoms with Crippen molar-refractivity contribution in [1.29, 1.82) is 0 Å². The molecule has 0 saturated carbocycles. The molecule has 1 aliphatic rings. The molecule has 2 heteroatoms. The predicted octanol–water partition coefficient (Wildman–Crippen LogP) is 2.72. The lowest BCUT2D eigenvalue weighted by Gasteiger charge is -2.15. The molecule has 0 aromatic carbocycles. The van der Waals surface area contributed by atoms with E-state index in [0.717, 1.165) is 12.3 Å². The van der Waals surface area contributed by atoms with Gasteiger partial charge in [-0.25, -0.2) is 0 Å². The van der Waals surface area contributed by atoms with Gasteiger partial charge in [0.2, 0.25) is 0 Å². The molecular weight excluding hydrogens is 143 g/mol. The number of allylic oxidation sites excluding steroid dienone is 2. The molecule has 1 rings (SSSR count). The fourth-order valence-corrected chi connectivity index (χ4v) is 3.77. The maximum absolute atomic E-state index is 11.9. The van der Waals surface area contributed by atoms with Crippen LogP contribution < -0.4 is 0 Å². The van der Waals surface area contributed by atoms with Crippen LogP contribution >= 0.6 is 7.14 Å². The Morgan fingerprint density at radius 3 is 2.40 bits per heavy atom. The Morgan fingerprint density at radius 2 is 2.20 bits per heavy atom. The van der Waals surface area contributed by atoms with Crippen LogP contribution in [-0.4, -0.2) is 18.0 Å². The Bertz CT molecular complexity index is 203. The highest BCUT2D eigenvalue weighted by Crippen LogP contribution is 2.55. The van der Waals surface area contributed by atoms with Gasteiger partial charge in [0, 0.05) is 18.0 Å². The molecule has 0 fully saturated rings. The third kappa shape index (κ3) is 1.34. The van der Waals surface area contributed by atoms with Gasteiger partial charge in [-0.05, 0) is 6.92 Å². The maximum atomic E-state index is 11.9. The Kier molecular flexibility index (Phi) is 2.05. The van der Waals surface area contributed by atoms with Crippen molar-refractivity contribution in [3.8, 4) is 0 Å². The lowest BCUT2D eigenvalue weighted by Crippen LogP contribution is -2.00. The van der Waals surface area contributed by atoms with Gasteiger partial charge in [-0.15, -0.1) is 0 Å². The second-order valence-electron chi connectivity index (χ2n) is 3.44. The van der Waals surface area contributed by atoms with Crippen LogP contribution in [0.2, 0.25) is 0 Å². The molecule has 1 nitrogen and oxygen atoms in total. The lowest BCUT2D eigenvalue weighted by atomic mass is 10.3. The molecule has 1 unspecified atom stereocenters. The fourth-order valence-electron chi connectivity index (χ4n) is 1.26. The predicted molar refractivity (Wildman–Crippen MR) is 46.2 cm³/mol. The van der Waals surface area contributed by atoms with E-state index in [1.807, 2.05) is 0 Å². The van der Waals surface area contributed by atoms with Crippen molar-refractivity contribution >= 4 is 7.14 Å². The summed E-state index contributed by atoms with van der Waals surface area (Å²) in [6.45, 7) is 6.20. The molecule has 0 spiro atoms. The molecule has 0 radical (unpaired) electrons. The standard InChI is InChI=1S/C8H15OP/c1-7(2)10(9)5-4-8(3)6-10/h4,7H,5-6H2,1-3H3. The lowest BCUT2D eigenvalue weighted by molar-refractivity contribution is 0.573. The van der Waals surface area contributed by atoms with Crippen LogP contribution in [0.3, 0.4) is 0 Å². The van der Waals surface area contributed by atoms with Gasteiger partial charge in [0.05, 0.1) is 7.14 Å². The average molecular weight is 158 g/mol. The Morgan fingerprint density at radius 1 is 1.60 bits per heavy atom. The highest BCUT2D eigenvalue weighted by atomic mass is 31.2. The number of rotatable bonds is 1. The number of hydrogen-bond donors (Lipinski definition) is 0. The first kappa shape index (κ1) is 8.07. The molecule has 1 atom stereocenters. The Labute approximate surface area is 62.9 Å². The van der Waals surface area contributed by atoms with Gasteiger partial charge in [-0.1, -0.05) is 25.5 Å². The maximum Gasteiger partial charge on any atom is 0.0975 e. The van der Waals surface area contributed by atoms with E-state index in [9.17, 15) is 4.57 Å². The third-order valence-corrected chi connectivity index (χ3v) is 5.92. The number of hydrogen-bond acceptors (Lipinski definition) is 1. The van der Waals surface area contributed by atoms with Crippen LogP contribution in [-0.2, 0) is 4.57 Å². The highest BCUT2D eigenvalue weighted by Gasteiger charge is 2.29. The van der Waals surface area contributed by atoms with Crippen molar-refractivity contribution in [2.45, 2.75) is 26.4 Å². The molecule has 0 amide bonds. The topological polar surface area (TPSA) is 17.1 Å². The van der Waals surface area contributed by atoms with Crippen LogP contribution in [0.15, 0.2) is 11.6 Å². The van der Waals surface area contributed by atoms with E-state index >= 15 is 0 Å². The first-order chi connectivity index (χ1) is 4.54. The van der Waals surface area contributed by atoms with E-state index in [2.05, 4.69) is 26.8 Å². The van der Waals surface area contributed by atoms with E-state index in [1.54, 1.807) is 0 Å². The average Bonchev–Trinajstić information content (AvgIpc) is 2.13. The summed E-state index contributed by atoms with van der Waals surface area (Å²) >= 11 is 0. The van der Waals surface area contributed by atoms with Crippen molar-refractivity contribution < 1.29 is 4.57 Å². The summed E-state index contributed by atoms with van der Waals surface area (Å²) in [7, 11) is -1.79. The largest absolute Gasteiger partial charge is 0.323 e.